The third-order valence-electron chi connectivity index (χ3n) is 5.33. The first kappa shape index (κ1) is 27.5. The van der Waals surface area contributed by atoms with Gasteiger partial charge < -0.3 is 9.47 Å². The van der Waals surface area contributed by atoms with Gasteiger partial charge in [-0.2, -0.15) is 30.9 Å². The monoisotopic (exact) mass is 567 g/mol. The van der Waals surface area contributed by atoms with E-state index in [9.17, 15) is 26.4 Å². The zero-order chi connectivity index (χ0) is 26.1. The maximum atomic E-state index is 13.5. The summed E-state index contributed by atoms with van der Waals surface area (Å²) in [4.78, 5) is 18.1. The van der Waals surface area contributed by atoms with Crippen LogP contribution in [-0.4, -0.2) is 46.6 Å². The van der Waals surface area contributed by atoms with Crippen LogP contribution in [0.4, 0.5) is 18.9 Å². The molecule has 0 bridgehead atoms. The normalized spacial score (nSPS) is 13.8. The predicted octanol–water partition coefficient (Wildman–Crippen LogP) is 3.31. The van der Waals surface area contributed by atoms with Crippen molar-refractivity contribution >= 4 is 49.1 Å². The van der Waals surface area contributed by atoms with E-state index in [-0.39, 0.29) is 35.3 Å². The molecular weight excluding hydrogens is 546 g/mol. The van der Waals surface area contributed by atoms with Crippen LogP contribution in [0.1, 0.15) is 22.5 Å². The Morgan fingerprint density at radius 3 is 2.51 bits per heavy atom. The van der Waals surface area contributed by atoms with Gasteiger partial charge in [0.1, 0.15) is 5.02 Å². The number of rotatable bonds is 4. The first-order valence-corrected chi connectivity index (χ1v) is 13.7. The Morgan fingerprint density at radius 1 is 1.23 bits per heavy atom. The minimum Gasteiger partial charge on any atom is -0.362 e. The minimum atomic E-state index is -4.58. The molecule has 4 rings (SSSR count). The summed E-state index contributed by atoms with van der Waals surface area (Å²) in [7, 11) is -1.72. The molecule has 0 aliphatic carbocycles. The van der Waals surface area contributed by atoms with Crippen LogP contribution < -0.4 is 10.5 Å². The molecule has 190 valence electrons. The van der Waals surface area contributed by atoms with E-state index in [4.69, 9.17) is 11.6 Å². The van der Waals surface area contributed by atoms with Crippen molar-refractivity contribution in [1.82, 2.24) is 19.1 Å². The van der Waals surface area contributed by atoms with Crippen LogP contribution in [0, 0.1) is 0 Å². The Kier molecular flexibility index (Phi) is 8.25. The molecule has 0 fully saturated rings. The van der Waals surface area contributed by atoms with Crippen LogP contribution in [0.5, 0.6) is 0 Å². The highest BCUT2D eigenvalue weighted by atomic mass is 35.5. The van der Waals surface area contributed by atoms with Gasteiger partial charge >= 0.3 is 6.18 Å². The second-order valence-electron chi connectivity index (χ2n) is 7.57. The SMILES string of the molecule is CS.CS(=O)(=O)c1nc2c(n1Cc1ccccc1C(F)(F)F)CCN(c1cnn(P)c(=O)c1Cl)C2. The van der Waals surface area contributed by atoms with Crippen LogP contribution >= 0.6 is 33.6 Å². The maximum Gasteiger partial charge on any atom is 0.416 e. The van der Waals surface area contributed by atoms with Gasteiger partial charge in [-0.15, -0.1) is 0 Å². The highest BCUT2D eigenvalue weighted by Crippen LogP contribution is 2.34. The van der Waals surface area contributed by atoms with Crippen LogP contribution in [-0.2, 0) is 35.5 Å². The van der Waals surface area contributed by atoms with E-state index in [1.165, 1.54) is 29.0 Å². The number of alkyl halides is 3. The molecule has 1 aliphatic heterocycles. The Balaban J connectivity index is 0.00000167. The first-order valence-electron chi connectivity index (χ1n) is 10.0. The van der Waals surface area contributed by atoms with Crippen molar-refractivity contribution < 1.29 is 21.6 Å². The summed E-state index contributed by atoms with van der Waals surface area (Å²) in [5, 5.41) is 3.57. The summed E-state index contributed by atoms with van der Waals surface area (Å²) < 4.78 is 67.7. The number of sulfone groups is 1. The number of hydrogen-bond donors (Lipinski definition) is 1. The number of thiol groups is 1. The number of benzene rings is 1. The van der Waals surface area contributed by atoms with Gasteiger partial charge in [0, 0.05) is 24.9 Å². The van der Waals surface area contributed by atoms with Crippen LogP contribution in [0.3, 0.4) is 0 Å². The van der Waals surface area contributed by atoms with E-state index in [1.54, 1.807) is 11.2 Å². The summed E-state index contributed by atoms with van der Waals surface area (Å²) in [6.07, 6.45) is -0.229. The van der Waals surface area contributed by atoms with Gasteiger partial charge in [-0.3, -0.25) is 4.79 Å². The van der Waals surface area contributed by atoms with Gasteiger partial charge in [0.15, 0.2) is 0 Å². The molecule has 3 aromatic rings. The Morgan fingerprint density at radius 2 is 1.89 bits per heavy atom. The lowest BCUT2D eigenvalue weighted by Gasteiger charge is -2.29. The zero-order valence-corrected chi connectivity index (χ0v) is 22.2. The van der Waals surface area contributed by atoms with Crippen molar-refractivity contribution in [1.29, 1.82) is 0 Å². The molecule has 35 heavy (non-hydrogen) atoms. The molecule has 0 saturated heterocycles. The summed E-state index contributed by atoms with van der Waals surface area (Å²) >= 11 is 9.71. The quantitative estimate of drug-likeness (QED) is 0.384. The summed E-state index contributed by atoms with van der Waals surface area (Å²) in [6, 6.07) is 5.04. The number of anilines is 1. The van der Waals surface area contributed by atoms with Gasteiger partial charge in [-0.05, 0) is 27.3 Å². The molecule has 0 amide bonds. The fourth-order valence-electron chi connectivity index (χ4n) is 3.83. The highest BCUT2D eigenvalue weighted by molar-refractivity contribution is 7.90. The fraction of sp³-hybridized carbons (Fsp3) is 0.350. The molecular formula is C20H22ClF3N5O3PS2. The molecule has 3 heterocycles. The van der Waals surface area contributed by atoms with E-state index >= 15 is 0 Å². The molecule has 1 atom stereocenters. The first-order chi connectivity index (χ1) is 16.4. The molecule has 0 N–H and O–H groups in total. The number of imidazole rings is 1. The van der Waals surface area contributed by atoms with Crippen molar-refractivity contribution in [3.8, 4) is 0 Å². The standard InChI is InChI=1S/C19H18ClF3N5O3PS.CH4S/c1-33(30,31)18-25-13-10-26(15-8-24-28(32)17(29)16(15)20)7-6-14(13)27(18)9-11-4-2-3-5-12(11)19(21,22)23;1-2/h2-5,8H,6-7,9-10,32H2,1H3;2H,1H3. The predicted molar refractivity (Wildman–Crippen MR) is 134 cm³/mol. The Hall–Kier alpha value is -2.08. The zero-order valence-electron chi connectivity index (χ0n) is 18.6. The van der Waals surface area contributed by atoms with Crippen molar-refractivity contribution in [3.05, 3.63) is 68.4 Å². The molecule has 2 aromatic heterocycles. The van der Waals surface area contributed by atoms with Crippen molar-refractivity contribution in [2.75, 3.05) is 24.0 Å². The number of nitrogens with zero attached hydrogens (tertiary/aromatic N) is 5. The molecule has 0 spiro atoms. The van der Waals surface area contributed by atoms with Crippen molar-refractivity contribution in [3.63, 3.8) is 0 Å². The lowest BCUT2D eigenvalue weighted by atomic mass is 10.1. The Labute approximate surface area is 212 Å². The van der Waals surface area contributed by atoms with Crippen molar-refractivity contribution in [2.24, 2.45) is 0 Å². The van der Waals surface area contributed by atoms with E-state index in [1.807, 2.05) is 0 Å². The van der Waals surface area contributed by atoms with E-state index in [0.717, 1.165) is 16.8 Å². The number of hydrogen-bond acceptors (Lipinski definition) is 7. The average Bonchev–Trinajstić information content (AvgIpc) is 3.17. The number of aromatic nitrogens is 4. The number of halogens is 4. The molecule has 0 radical (unpaired) electrons. The van der Waals surface area contributed by atoms with Crippen LogP contribution in [0.25, 0.3) is 0 Å². The lowest BCUT2D eigenvalue weighted by Crippen LogP contribution is -2.33. The molecule has 1 aromatic carbocycles. The smallest absolute Gasteiger partial charge is 0.362 e. The van der Waals surface area contributed by atoms with Gasteiger partial charge in [0.05, 0.1) is 36.2 Å². The van der Waals surface area contributed by atoms with E-state index < -0.39 is 27.1 Å². The fourth-order valence-corrected chi connectivity index (χ4v) is 5.22. The van der Waals surface area contributed by atoms with E-state index in [2.05, 4.69) is 32.1 Å². The highest BCUT2D eigenvalue weighted by Gasteiger charge is 2.35. The minimum absolute atomic E-state index is 0.0506. The van der Waals surface area contributed by atoms with Crippen LogP contribution in [0.15, 0.2) is 40.4 Å². The molecule has 1 aliphatic rings. The lowest BCUT2D eigenvalue weighted by molar-refractivity contribution is -0.138. The van der Waals surface area contributed by atoms with Gasteiger partial charge in [0.2, 0.25) is 15.0 Å². The van der Waals surface area contributed by atoms with Gasteiger partial charge in [-0.25, -0.2) is 17.9 Å². The van der Waals surface area contributed by atoms with E-state index in [0.29, 0.717) is 23.6 Å². The largest absolute Gasteiger partial charge is 0.416 e. The maximum absolute atomic E-state index is 13.5. The van der Waals surface area contributed by atoms with Gasteiger partial charge in [0.25, 0.3) is 5.56 Å². The third kappa shape index (κ3) is 5.68. The average molecular weight is 568 g/mol. The summed E-state index contributed by atoms with van der Waals surface area (Å²) in [6.45, 7) is 0.157. The van der Waals surface area contributed by atoms with Crippen LogP contribution in [0.2, 0.25) is 5.02 Å². The second kappa shape index (κ2) is 10.5. The Bertz CT molecular complexity index is 1410. The molecule has 15 heteroatoms. The number of fused-ring (bicyclic) bond motifs is 1. The topological polar surface area (TPSA) is 90.1 Å². The summed E-state index contributed by atoms with van der Waals surface area (Å²) in [5.41, 5.74) is -0.140. The molecule has 1 unspecified atom stereocenters. The van der Waals surface area contributed by atoms with Crippen molar-refractivity contribution in [2.45, 2.75) is 30.8 Å². The molecule has 8 nitrogen and oxygen atoms in total. The second-order valence-corrected chi connectivity index (χ2v) is 10.3. The molecule has 0 saturated carbocycles. The third-order valence-corrected chi connectivity index (χ3v) is 7.03. The van der Waals surface area contributed by atoms with Gasteiger partial charge in [-0.1, -0.05) is 29.8 Å². The summed E-state index contributed by atoms with van der Waals surface area (Å²) in [5.74, 6) is 0.